The molecule has 0 unspecified atom stereocenters. The SMILES string of the molecule is CN(C)c1noc(C2(CN)CCC2)n1. The van der Waals surface area contributed by atoms with E-state index in [1.807, 2.05) is 19.0 Å². The highest BCUT2D eigenvalue weighted by atomic mass is 16.5. The van der Waals surface area contributed by atoms with Crippen molar-refractivity contribution in [1.82, 2.24) is 10.1 Å². The Morgan fingerprint density at radius 2 is 2.21 bits per heavy atom. The van der Waals surface area contributed by atoms with Gasteiger partial charge in [-0.3, -0.25) is 0 Å². The van der Waals surface area contributed by atoms with Crippen LogP contribution in [0.5, 0.6) is 0 Å². The lowest BCUT2D eigenvalue weighted by Gasteiger charge is -2.36. The molecule has 0 bridgehead atoms. The fraction of sp³-hybridized carbons (Fsp3) is 0.778. The zero-order chi connectivity index (χ0) is 10.2. The molecular weight excluding hydrogens is 180 g/mol. The van der Waals surface area contributed by atoms with Crippen LogP contribution in [0.4, 0.5) is 5.95 Å². The van der Waals surface area contributed by atoms with Gasteiger partial charge in [0.1, 0.15) is 0 Å². The molecule has 1 heterocycles. The van der Waals surface area contributed by atoms with Crippen molar-refractivity contribution in [3.63, 3.8) is 0 Å². The summed E-state index contributed by atoms with van der Waals surface area (Å²) in [6.45, 7) is 0.599. The first-order chi connectivity index (χ1) is 6.68. The summed E-state index contributed by atoms with van der Waals surface area (Å²) >= 11 is 0. The van der Waals surface area contributed by atoms with Crippen molar-refractivity contribution in [2.45, 2.75) is 24.7 Å². The molecule has 5 heteroatoms. The number of nitrogens with two attached hydrogens (primary N) is 1. The number of anilines is 1. The van der Waals surface area contributed by atoms with Gasteiger partial charge in [-0.1, -0.05) is 6.42 Å². The zero-order valence-corrected chi connectivity index (χ0v) is 8.66. The van der Waals surface area contributed by atoms with Crippen LogP contribution in [0.15, 0.2) is 4.52 Å². The molecule has 1 aliphatic carbocycles. The van der Waals surface area contributed by atoms with Gasteiger partial charge in [-0.2, -0.15) is 4.98 Å². The Kier molecular flexibility index (Phi) is 2.19. The average molecular weight is 196 g/mol. The molecule has 5 nitrogen and oxygen atoms in total. The van der Waals surface area contributed by atoms with E-state index < -0.39 is 0 Å². The number of rotatable bonds is 3. The summed E-state index contributed by atoms with van der Waals surface area (Å²) in [7, 11) is 3.79. The molecule has 1 aliphatic rings. The monoisotopic (exact) mass is 196 g/mol. The molecule has 0 aromatic carbocycles. The van der Waals surface area contributed by atoms with Gasteiger partial charge in [0, 0.05) is 20.6 Å². The zero-order valence-electron chi connectivity index (χ0n) is 8.66. The van der Waals surface area contributed by atoms with Crippen LogP contribution in [-0.2, 0) is 5.41 Å². The second-order valence-corrected chi connectivity index (χ2v) is 4.13. The van der Waals surface area contributed by atoms with Crippen LogP contribution in [-0.4, -0.2) is 30.8 Å². The second kappa shape index (κ2) is 3.24. The summed E-state index contributed by atoms with van der Waals surface area (Å²) in [6, 6.07) is 0. The van der Waals surface area contributed by atoms with E-state index >= 15 is 0 Å². The lowest BCUT2D eigenvalue weighted by Crippen LogP contribution is -2.41. The number of aromatic nitrogens is 2. The van der Waals surface area contributed by atoms with Crippen LogP contribution < -0.4 is 10.6 Å². The Balaban J connectivity index is 2.23. The van der Waals surface area contributed by atoms with Crippen molar-refractivity contribution < 1.29 is 4.52 Å². The van der Waals surface area contributed by atoms with E-state index in [0.29, 0.717) is 18.4 Å². The van der Waals surface area contributed by atoms with Crippen LogP contribution in [0.25, 0.3) is 0 Å². The summed E-state index contributed by atoms with van der Waals surface area (Å²) in [5.74, 6) is 1.33. The van der Waals surface area contributed by atoms with Crippen molar-refractivity contribution >= 4 is 5.95 Å². The standard InChI is InChI=1S/C9H16N4O/c1-13(2)8-11-7(14-12-8)9(6-10)4-3-5-9/h3-6,10H2,1-2H3. The fourth-order valence-electron chi connectivity index (χ4n) is 1.72. The van der Waals surface area contributed by atoms with Crippen molar-refractivity contribution in [3.05, 3.63) is 5.89 Å². The molecule has 2 rings (SSSR count). The lowest BCUT2D eigenvalue weighted by molar-refractivity contribution is 0.182. The molecule has 1 saturated carbocycles. The normalized spacial score (nSPS) is 19.1. The Labute approximate surface area is 83.3 Å². The van der Waals surface area contributed by atoms with E-state index in [4.69, 9.17) is 10.3 Å². The summed E-state index contributed by atoms with van der Waals surface area (Å²) in [4.78, 5) is 6.17. The molecule has 78 valence electrons. The van der Waals surface area contributed by atoms with E-state index in [2.05, 4.69) is 10.1 Å². The van der Waals surface area contributed by atoms with Crippen LogP contribution in [0.1, 0.15) is 25.2 Å². The molecule has 0 aliphatic heterocycles. The molecule has 0 radical (unpaired) electrons. The first kappa shape index (κ1) is 9.45. The Hall–Kier alpha value is -1.10. The quantitative estimate of drug-likeness (QED) is 0.763. The third-order valence-corrected chi connectivity index (χ3v) is 2.97. The second-order valence-electron chi connectivity index (χ2n) is 4.13. The van der Waals surface area contributed by atoms with Gasteiger partial charge in [-0.15, -0.1) is 0 Å². The summed E-state index contributed by atoms with van der Waals surface area (Å²) in [6.07, 6.45) is 3.34. The minimum atomic E-state index is -0.0265. The Bertz CT molecular complexity index is 311. The maximum atomic E-state index is 5.74. The predicted octanol–water partition coefficient (Wildman–Crippen LogP) is 0.516. The van der Waals surface area contributed by atoms with Gasteiger partial charge in [0.2, 0.25) is 5.89 Å². The van der Waals surface area contributed by atoms with Crippen molar-refractivity contribution in [1.29, 1.82) is 0 Å². The van der Waals surface area contributed by atoms with E-state index in [1.165, 1.54) is 6.42 Å². The minimum Gasteiger partial charge on any atom is -0.344 e. The summed E-state index contributed by atoms with van der Waals surface area (Å²) in [5, 5.41) is 3.90. The molecular formula is C9H16N4O. The Morgan fingerprint density at radius 1 is 1.50 bits per heavy atom. The van der Waals surface area contributed by atoms with Crippen LogP contribution in [0.3, 0.4) is 0 Å². The predicted molar refractivity (Wildman–Crippen MR) is 53.2 cm³/mol. The maximum absolute atomic E-state index is 5.74. The number of hydrogen-bond acceptors (Lipinski definition) is 5. The topological polar surface area (TPSA) is 68.2 Å². The fourth-order valence-corrected chi connectivity index (χ4v) is 1.72. The molecule has 0 spiro atoms. The minimum absolute atomic E-state index is 0.0265. The highest BCUT2D eigenvalue weighted by molar-refractivity contribution is 5.26. The summed E-state index contributed by atoms with van der Waals surface area (Å²) in [5.41, 5.74) is 5.72. The van der Waals surface area contributed by atoms with Crippen molar-refractivity contribution in [2.75, 3.05) is 25.5 Å². The maximum Gasteiger partial charge on any atom is 0.265 e. The highest BCUT2D eigenvalue weighted by Gasteiger charge is 2.42. The van der Waals surface area contributed by atoms with Gasteiger partial charge >= 0.3 is 0 Å². The number of nitrogens with zero attached hydrogens (tertiary/aromatic N) is 3. The van der Waals surface area contributed by atoms with Gasteiger partial charge in [0.15, 0.2) is 0 Å². The van der Waals surface area contributed by atoms with E-state index in [1.54, 1.807) is 0 Å². The molecule has 1 aromatic rings. The van der Waals surface area contributed by atoms with Crippen LogP contribution >= 0.6 is 0 Å². The van der Waals surface area contributed by atoms with Gasteiger partial charge in [-0.05, 0) is 18.0 Å². The molecule has 1 aromatic heterocycles. The van der Waals surface area contributed by atoms with E-state index in [0.717, 1.165) is 12.8 Å². The molecule has 1 fully saturated rings. The molecule has 14 heavy (non-hydrogen) atoms. The molecule has 0 atom stereocenters. The third-order valence-electron chi connectivity index (χ3n) is 2.97. The first-order valence-corrected chi connectivity index (χ1v) is 4.89. The smallest absolute Gasteiger partial charge is 0.265 e. The molecule has 0 saturated heterocycles. The highest BCUT2D eigenvalue weighted by Crippen LogP contribution is 2.42. The molecule has 2 N–H and O–H groups in total. The van der Waals surface area contributed by atoms with Gasteiger partial charge < -0.3 is 15.2 Å². The number of hydrogen-bond donors (Lipinski definition) is 1. The van der Waals surface area contributed by atoms with Gasteiger partial charge in [0.05, 0.1) is 5.41 Å². The molecule has 0 amide bonds. The van der Waals surface area contributed by atoms with E-state index in [9.17, 15) is 0 Å². The van der Waals surface area contributed by atoms with Gasteiger partial charge in [0.25, 0.3) is 5.95 Å². The van der Waals surface area contributed by atoms with E-state index in [-0.39, 0.29) is 5.41 Å². The van der Waals surface area contributed by atoms with Crippen molar-refractivity contribution in [3.8, 4) is 0 Å². The van der Waals surface area contributed by atoms with Crippen LogP contribution in [0.2, 0.25) is 0 Å². The average Bonchev–Trinajstić information content (AvgIpc) is 2.52. The first-order valence-electron chi connectivity index (χ1n) is 4.89. The van der Waals surface area contributed by atoms with Gasteiger partial charge in [-0.25, -0.2) is 0 Å². The summed E-state index contributed by atoms with van der Waals surface area (Å²) < 4.78 is 5.24. The Morgan fingerprint density at radius 3 is 2.57 bits per heavy atom. The largest absolute Gasteiger partial charge is 0.344 e. The van der Waals surface area contributed by atoms with Crippen LogP contribution in [0, 0.1) is 0 Å². The third kappa shape index (κ3) is 1.28. The lowest BCUT2D eigenvalue weighted by atomic mass is 9.69. The van der Waals surface area contributed by atoms with Crippen molar-refractivity contribution in [2.24, 2.45) is 5.73 Å².